The van der Waals surface area contributed by atoms with Crippen LogP contribution in [0.3, 0.4) is 0 Å². The number of rotatable bonds is 12. The number of imidazole rings is 1. The minimum atomic E-state index is -4.22. The van der Waals surface area contributed by atoms with Gasteiger partial charge in [0.25, 0.3) is 15.9 Å². The number of carbonyl (C=O) groups is 4. The number of nitrogens with one attached hydrogen (secondary N) is 3. The van der Waals surface area contributed by atoms with Crippen LogP contribution in [0.4, 0.5) is 21.4 Å². The molecule has 3 aromatic heterocycles. The Morgan fingerprint density at radius 1 is 0.944 bits per heavy atom. The number of hydrogen-bond donors (Lipinski definition) is 3. The summed E-state index contributed by atoms with van der Waals surface area (Å²) in [7, 11) is -4.22. The summed E-state index contributed by atoms with van der Waals surface area (Å²) in [6, 6.07) is 16.1. The Bertz CT molecular complexity index is 2260. The monoisotopic (exact) mass is 778 g/mol. The number of carbonyl (C=O) groups excluding carboxylic acids is 4. The fourth-order valence-electron chi connectivity index (χ4n) is 5.30. The van der Waals surface area contributed by atoms with Crippen molar-refractivity contribution in [2.75, 3.05) is 43.4 Å². The molecule has 2 aromatic carbocycles. The van der Waals surface area contributed by atoms with Crippen LogP contribution in [0.2, 0.25) is 0 Å². The van der Waals surface area contributed by atoms with E-state index in [-0.39, 0.29) is 53.5 Å². The number of amides is 4. The highest BCUT2D eigenvalue weighted by Crippen LogP contribution is 2.28. The first-order valence-electron chi connectivity index (χ1n) is 16.9. The van der Waals surface area contributed by atoms with Gasteiger partial charge in [0.05, 0.1) is 23.1 Å². The third-order valence-corrected chi connectivity index (χ3v) is 11.0. The normalized spacial score (nSPS) is 13.6. The molecule has 0 radical (unpaired) electrons. The van der Waals surface area contributed by atoms with Crippen LogP contribution in [0.15, 0.2) is 65.3 Å². The Labute approximate surface area is 313 Å². The molecule has 6 rings (SSSR count). The number of nitrogens with zero attached hydrogens (tertiary/aromatic N) is 7. The molecule has 5 aromatic rings. The maximum absolute atomic E-state index is 13.5. The predicted octanol–water partition coefficient (Wildman–Crippen LogP) is 3.57. The lowest BCUT2D eigenvalue weighted by Gasteiger charge is -2.33. The highest BCUT2D eigenvalue weighted by molar-refractivity contribution is 7.91. The van der Waals surface area contributed by atoms with Crippen molar-refractivity contribution in [2.45, 2.75) is 50.3 Å². The molecule has 1 saturated heterocycles. The number of ether oxygens (including phenoxy) is 2. The third-order valence-electron chi connectivity index (χ3n) is 7.82. The first-order valence-corrected chi connectivity index (χ1v) is 19.1. The molecule has 0 bridgehead atoms. The van der Waals surface area contributed by atoms with Crippen LogP contribution in [0.5, 0.6) is 0 Å². The Balaban J connectivity index is 1.14. The van der Waals surface area contributed by atoms with Crippen molar-refractivity contribution >= 4 is 78.5 Å². The van der Waals surface area contributed by atoms with Gasteiger partial charge in [0, 0.05) is 19.6 Å². The van der Waals surface area contributed by atoms with E-state index in [2.05, 4.69) is 35.9 Å². The van der Waals surface area contributed by atoms with Crippen molar-refractivity contribution in [1.82, 2.24) is 39.0 Å². The van der Waals surface area contributed by atoms with E-state index < -0.39 is 46.2 Å². The first kappa shape index (κ1) is 37.9. The molecule has 4 amide bonds. The van der Waals surface area contributed by atoms with Gasteiger partial charge in [-0.25, -0.2) is 23.9 Å². The van der Waals surface area contributed by atoms with E-state index in [0.717, 1.165) is 21.2 Å². The Morgan fingerprint density at radius 2 is 1.70 bits per heavy atom. The number of anilines is 2. The maximum atomic E-state index is 13.5. The van der Waals surface area contributed by atoms with Gasteiger partial charge in [0.15, 0.2) is 17.0 Å². The van der Waals surface area contributed by atoms with E-state index in [1.165, 1.54) is 15.8 Å². The summed E-state index contributed by atoms with van der Waals surface area (Å²) in [4.78, 5) is 70.2. The SMILES string of the molecule is CC(C)(C)OC(=O)NCCCNc1nc(NC(=O)OCc2ccccc2)c2ncn(CC(=O)N3CCN(S(=O)(=O)c4nc5ccccc5s4)C(=O)C3)c2n1. The summed E-state index contributed by atoms with van der Waals surface area (Å²) in [6.45, 7) is 4.86. The fourth-order valence-corrected chi connectivity index (χ4v) is 8.01. The minimum absolute atomic E-state index is 0.00742. The highest BCUT2D eigenvalue weighted by atomic mass is 32.2. The fraction of sp³-hybridized carbons (Fsp3) is 0.353. The van der Waals surface area contributed by atoms with Crippen LogP contribution in [0, 0.1) is 0 Å². The average Bonchev–Trinajstić information content (AvgIpc) is 3.75. The zero-order chi connectivity index (χ0) is 38.5. The second-order valence-corrected chi connectivity index (χ2v) is 16.1. The Hall–Kier alpha value is -5.89. The van der Waals surface area contributed by atoms with Gasteiger partial charge in [-0.15, -0.1) is 11.3 Å². The number of fused-ring (bicyclic) bond motifs is 2. The van der Waals surface area contributed by atoms with Crippen molar-refractivity contribution in [3.05, 3.63) is 66.5 Å². The van der Waals surface area contributed by atoms with E-state index >= 15 is 0 Å². The molecule has 0 aliphatic carbocycles. The van der Waals surface area contributed by atoms with Crippen LogP contribution in [0.1, 0.15) is 32.8 Å². The summed E-state index contributed by atoms with van der Waals surface area (Å²) in [5.74, 6) is -1.14. The molecule has 3 N–H and O–H groups in total. The molecule has 0 atom stereocenters. The van der Waals surface area contributed by atoms with E-state index in [0.29, 0.717) is 29.7 Å². The topological polar surface area (TPSA) is 220 Å². The number of alkyl carbamates (subject to hydrolysis) is 1. The third kappa shape index (κ3) is 9.18. The second-order valence-electron chi connectivity index (χ2n) is 13.1. The quantitative estimate of drug-likeness (QED) is 0.155. The van der Waals surface area contributed by atoms with Crippen molar-refractivity contribution in [1.29, 1.82) is 0 Å². The molecule has 18 nitrogen and oxygen atoms in total. The van der Waals surface area contributed by atoms with Crippen LogP contribution in [0.25, 0.3) is 21.4 Å². The van der Waals surface area contributed by atoms with E-state index in [4.69, 9.17) is 9.47 Å². The number of thiazole rings is 1. The molecule has 1 fully saturated rings. The zero-order valence-electron chi connectivity index (χ0n) is 29.6. The number of hydrogen-bond acceptors (Lipinski definition) is 14. The van der Waals surface area contributed by atoms with Crippen molar-refractivity contribution in [2.24, 2.45) is 0 Å². The van der Waals surface area contributed by atoms with Crippen LogP contribution < -0.4 is 16.0 Å². The summed E-state index contributed by atoms with van der Waals surface area (Å²) in [5, 5.41) is 8.33. The van der Waals surface area contributed by atoms with Crippen LogP contribution >= 0.6 is 11.3 Å². The molecule has 54 heavy (non-hydrogen) atoms. The molecule has 0 spiro atoms. The van der Waals surface area contributed by atoms with E-state index in [1.807, 2.05) is 30.3 Å². The van der Waals surface area contributed by atoms with Gasteiger partial charge >= 0.3 is 12.2 Å². The first-order chi connectivity index (χ1) is 25.8. The van der Waals surface area contributed by atoms with Gasteiger partial charge in [-0.2, -0.15) is 18.4 Å². The standard InChI is InChI=1S/C34H38N10O8S2/c1-34(2,3)52-31(47)36-15-9-14-35-30-39-28(40-32(48)51-20-22-10-5-4-6-11-22)27-29(41-30)43(21-37-27)18-25(45)42-16-17-44(26(46)19-42)54(49,50)33-38-23-12-7-8-13-24(23)53-33/h4-8,10-13,21H,9,14-20H2,1-3H3,(H,36,47)(H2,35,39,40,41,48). The van der Waals surface area contributed by atoms with Gasteiger partial charge in [-0.3, -0.25) is 14.9 Å². The summed E-state index contributed by atoms with van der Waals surface area (Å²) >= 11 is 0.971. The maximum Gasteiger partial charge on any atom is 0.413 e. The van der Waals surface area contributed by atoms with E-state index in [1.54, 1.807) is 45.0 Å². The number of benzene rings is 2. The lowest BCUT2D eigenvalue weighted by Crippen LogP contribution is -2.54. The second kappa shape index (κ2) is 16.0. The largest absolute Gasteiger partial charge is 0.444 e. The van der Waals surface area contributed by atoms with Crippen molar-refractivity contribution < 1.29 is 37.1 Å². The van der Waals surface area contributed by atoms with Gasteiger partial charge in [0.2, 0.25) is 16.2 Å². The molecule has 1 aliphatic heterocycles. The van der Waals surface area contributed by atoms with E-state index in [9.17, 15) is 27.6 Å². The van der Waals surface area contributed by atoms with Gasteiger partial charge in [-0.05, 0) is 44.9 Å². The molecule has 0 unspecified atom stereocenters. The molecule has 4 heterocycles. The summed E-state index contributed by atoms with van der Waals surface area (Å²) in [5.41, 5.74) is 1.01. The smallest absolute Gasteiger partial charge is 0.413 e. The number of piperazine rings is 1. The summed E-state index contributed by atoms with van der Waals surface area (Å²) < 4.78 is 40.0. The molecular weight excluding hydrogens is 741 g/mol. The molecule has 1 aliphatic rings. The average molecular weight is 779 g/mol. The number of aromatic nitrogens is 5. The van der Waals surface area contributed by atoms with Gasteiger partial charge < -0.3 is 29.6 Å². The van der Waals surface area contributed by atoms with Gasteiger partial charge in [0.1, 0.15) is 25.3 Å². The highest BCUT2D eigenvalue weighted by Gasteiger charge is 2.37. The Morgan fingerprint density at radius 3 is 2.44 bits per heavy atom. The molecule has 20 heteroatoms. The van der Waals surface area contributed by atoms with Crippen molar-refractivity contribution in [3.63, 3.8) is 0 Å². The molecular formula is C34H38N10O8S2. The summed E-state index contributed by atoms with van der Waals surface area (Å²) in [6.07, 6.45) is 0.470. The van der Waals surface area contributed by atoms with Crippen LogP contribution in [-0.4, -0.2) is 104 Å². The predicted molar refractivity (Wildman–Crippen MR) is 198 cm³/mol. The Kier molecular flexibility index (Phi) is 11.2. The van der Waals surface area contributed by atoms with Gasteiger partial charge in [-0.1, -0.05) is 42.5 Å². The lowest BCUT2D eigenvalue weighted by molar-refractivity contribution is -0.142. The zero-order valence-corrected chi connectivity index (χ0v) is 31.3. The molecule has 284 valence electrons. The van der Waals surface area contributed by atoms with Crippen molar-refractivity contribution in [3.8, 4) is 0 Å². The van der Waals surface area contributed by atoms with Crippen LogP contribution in [-0.2, 0) is 42.2 Å². The number of sulfonamides is 1. The molecule has 0 saturated carbocycles. The minimum Gasteiger partial charge on any atom is -0.444 e. The lowest BCUT2D eigenvalue weighted by atomic mass is 10.2. The number of para-hydroxylation sites is 1.